The fourth-order valence-electron chi connectivity index (χ4n) is 3.32. The molecule has 3 heterocycles. The number of aromatic nitrogens is 6. The van der Waals surface area contributed by atoms with Crippen LogP contribution in [0.3, 0.4) is 0 Å². The van der Waals surface area contributed by atoms with Crippen LogP contribution in [-0.4, -0.2) is 72.9 Å². The van der Waals surface area contributed by atoms with Crippen molar-refractivity contribution in [2.45, 2.75) is 12.5 Å². The highest BCUT2D eigenvalue weighted by atomic mass is 16.5. The molecular weight excluding hydrogens is 448 g/mol. The maximum absolute atomic E-state index is 13.1. The van der Waals surface area contributed by atoms with E-state index in [4.69, 9.17) is 10.5 Å². The number of nitrogens with two attached hydrogens (primary N) is 1. The van der Waals surface area contributed by atoms with Crippen LogP contribution in [0.25, 0.3) is 16.7 Å². The molecule has 0 saturated heterocycles. The zero-order chi connectivity index (χ0) is 25.0. The van der Waals surface area contributed by atoms with E-state index in [9.17, 15) is 9.90 Å². The molecule has 0 aliphatic heterocycles. The highest BCUT2D eigenvalue weighted by Crippen LogP contribution is 2.24. The number of methoxy groups -OCH3 is 1. The second-order valence-corrected chi connectivity index (χ2v) is 7.88. The molecule has 1 amide bonds. The van der Waals surface area contributed by atoms with Crippen LogP contribution in [0, 0.1) is 11.8 Å². The largest absolute Gasteiger partial charge is 0.383 e. The summed E-state index contributed by atoms with van der Waals surface area (Å²) in [5, 5.41) is 15.9. The summed E-state index contributed by atoms with van der Waals surface area (Å²) in [5.41, 5.74) is 5.65. The van der Waals surface area contributed by atoms with Crippen LogP contribution in [0.2, 0.25) is 0 Å². The Labute approximate surface area is 201 Å². The lowest BCUT2D eigenvalue weighted by molar-refractivity contribution is 0.0740. The first-order valence-electron chi connectivity index (χ1n) is 10.7. The average Bonchev–Trinajstić information content (AvgIpc) is 3.25. The predicted molar refractivity (Wildman–Crippen MR) is 128 cm³/mol. The van der Waals surface area contributed by atoms with Crippen molar-refractivity contribution in [3.05, 3.63) is 66.0 Å². The van der Waals surface area contributed by atoms with Crippen LogP contribution in [0.5, 0.6) is 0 Å². The fourth-order valence-corrected chi connectivity index (χ4v) is 3.32. The summed E-state index contributed by atoms with van der Waals surface area (Å²) in [4.78, 5) is 31.0. The minimum atomic E-state index is -1.55. The number of fused-ring (bicyclic) bond motifs is 1. The number of hydrogen-bond acceptors (Lipinski definition) is 9. The van der Waals surface area contributed by atoms with E-state index in [0.717, 1.165) is 0 Å². The molecule has 1 atom stereocenters. The third kappa shape index (κ3) is 5.08. The number of anilines is 1. The van der Waals surface area contributed by atoms with Gasteiger partial charge in [0.1, 0.15) is 0 Å². The molecule has 35 heavy (non-hydrogen) atoms. The molecule has 0 spiro atoms. The first-order valence-corrected chi connectivity index (χ1v) is 10.7. The molecule has 0 aliphatic carbocycles. The second kappa shape index (κ2) is 9.84. The number of carbonyl (C=O) groups excluding carboxylic acids is 1. The smallest absolute Gasteiger partial charge is 0.274 e. The Morgan fingerprint density at radius 1 is 1.23 bits per heavy atom. The van der Waals surface area contributed by atoms with E-state index >= 15 is 0 Å². The molecule has 0 aliphatic rings. The zero-order valence-electron chi connectivity index (χ0n) is 19.5. The van der Waals surface area contributed by atoms with Gasteiger partial charge >= 0.3 is 0 Å². The highest BCUT2D eigenvalue weighted by molar-refractivity contribution is 6.05. The van der Waals surface area contributed by atoms with Crippen LogP contribution >= 0.6 is 0 Å². The molecule has 11 heteroatoms. The van der Waals surface area contributed by atoms with Gasteiger partial charge in [-0.25, -0.2) is 19.6 Å². The topological polar surface area (TPSA) is 145 Å². The molecule has 4 rings (SSSR count). The van der Waals surface area contributed by atoms with Crippen LogP contribution in [0.15, 0.2) is 48.9 Å². The predicted octanol–water partition coefficient (Wildman–Crippen LogP) is 1.17. The normalized spacial score (nSPS) is 12.6. The van der Waals surface area contributed by atoms with E-state index < -0.39 is 5.60 Å². The van der Waals surface area contributed by atoms with Crippen LogP contribution in [0.4, 0.5) is 5.95 Å². The van der Waals surface area contributed by atoms with Crippen molar-refractivity contribution in [2.75, 3.05) is 33.0 Å². The molecular formula is C24H24N8O3. The lowest BCUT2D eigenvalue weighted by Gasteiger charge is -2.15. The zero-order valence-corrected chi connectivity index (χ0v) is 19.5. The molecule has 1 aromatic carbocycles. The first-order chi connectivity index (χ1) is 16.8. The lowest BCUT2D eigenvalue weighted by Crippen LogP contribution is -2.30. The number of rotatable bonds is 6. The van der Waals surface area contributed by atoms with Gasteiger partial charge in [0, 0.05) is 56.3 Å². The van der Waals surface area contributed by atoms with Gasteiger partial charge in [-0.05, 0) is 31.2 Å². The van der Waals surface area contributed by atoms with Gasteiger partial charge in [0.05, 0.1) is 12.1 Å². The van der Waals surface area contributed by atoms with E-state index in [0.29, 0.717) is 35.4 Å². The molecule has 0 saturated carbocycles. The summed E-state index contributed by atoms with van der Waals surface area (Å²) in [7, 11) is 3.26. The summed E-state index contributed by atoms with van der Waals surface area (Å²) >= 11 is 0. The summed E-state index contributed by atoms with van der Waals surface area (Å²) in [6.07, 6.45) is 4.59. The van der Waals surface area contributed by atoms with E-state index in [1.54, 1.807) is 56.9 Å². The van der Waals surface area contributed by atoms with Crippen molar-refractivity contribution in [1.29, 1.82) is 0 Å². The Balaban J connectivity index is 1.80. The number of likely N-dealkylation sites (N-methyl/N-ethyl adjacent to an activating group) is 1. The summed E-state index contributed by atoms with van der Waals surface area (Å²) in [6.45, 7) is 2.33. The maximum Gasteiger partial charge on any atom is 0.274 e. The van der Waals surface area contributed by atoms with Crippen molar-refractivity contribution >= 4 is 22.8 Å². The fraction of sp³-hybridized carbons (Fsp3) is 0.250. The molecule has 0 radical (unpaired) electrons. The van der Waals surface area contributed by atoms with Crippen LogP contribution in [0.1, 0.15) is 28.8 Å². The Kier molecular flexibility index (Phi) is 6.68. The summed E-state index contributed by atoms with van der Waals surface area (Å²) in [5.74, 6) is 6.18. The SMILES string of the molecule is COCCN(C)C(=O)c1nn(-c2ccnc(N)n2)c2cc(C#CC(C)(O)c3ncccn3)ccc12. The molecule has 11 nitrogen and oxygen atoms in total. The number of amides is 1. The van der Waals surface area contributed by atoms with E-state index in [1.165, 1.54) is 22.7 Å². The molecule has 4 aromatic rings. The summed E-state index contributed by atoms with van der Waals surface area (Å²) < 4.78 is 6.60. The number of hydrogen-bond donors (Lipinski definition) is 2. The minimum absolute atomic E-state index is 0.0751. The lowest BCUT2D eigenvalue weighted by atomic mass is 10.1. The number of ether oxygens (including phenoxy) is 1. The molecule has 0 bridgehead atoms. The Bertz CT molecular complexity index is 1420. The monoisotopic (exact) mass is 472 g/mol. The van der Waals surface area contributed by atoms with Gasteiger partial charge in [-0.2, -0.15) is 10.1 Å². The number of nitrogens with zero attached hydrogens (tertiary/aromatic N) is 7. The van der Waals surface area contributed by atoms with Gasteiger partial charge in [0.2, 0.25) is 5.95 Å². The molecule has 178 valence electrons. The van der Waals surface area contributed by atoms with Crippen molar-refractivity contribution in [1.82, 2.24) is 34.6 Å². The Morgan fingerprint density at radius 3 is 2.71 bits per heavy atom. The maximum atomic E-state index is 13.1. The average molecular weight is 473 g/mol. The number of carbonyl (C=O) groups is 1. The third-order valence-corrected chi connectivity index (χ3v) is 5.19. The minimum Gasteiger partial charge on any atom is -0.383 e. The quantitative estimate of drug-likeness (QED) is 0.395. The van der Waals surface area contributed by atoms with Gasteiger partial charge in [0.15, 0.2) is 22.9 Å². The molecule has 3 N–H and O–H groups in total. The van der Waals surface area contributed by atoms with Crippen molar-refractivity contribution in [3.63, 3.8) is 0 Å². The highest BCUT2D eigenvalue weighted by Gasteiger charge is 2.24. The van der Waals surface area contributed by atoms with Gasteiger partial charge in [-0.3, -0.25) is 4.79 Å². The third-order valence-electron chi connectivity index (χ3n) is 5.19. The molecule has 1 unspecified atom stereocenters. The van der Waals surface area contributed by atoms with Crippen LogP contribution in [-0.2, 0) is 10.3 Å². The number of benzene rings is 1. The molecule has 3 aromatic heterocycles. The summed E-state index contributed by atoms with van der Waals surface area (Å²) in [6, 6.07) is 8.58. The Morgan fingerprint density at radius 2 is 2.00 bits per heavy atom. The van der Waals surface area contributed by atoms with Crippen molar-refractivity contribution in [3.8, 4) is 17.7 Å². The van der Waals surface area contributed by atoms with Crippen molar-refractivity contribution in [2.24, 2.45) is 0 Å². The Hall–Kier alpha value is -4.40. The van der Waals surface area contributed by atoms with E-state index in [-0.39, 0.29) is 23.4 Å². The second-order valence-electron chi connectivity index (χ2n) is 7.88. The van der Waals surface area contributed by atoms with Gasteiger partial charge < -0.3 is 20.5 Å². The number of aliphatic hydroxyl groups is 1. The van der Waals surface area contributed by atoms with Gasteiger partial charge in [0.25, 0.3) is 5.91 Å². The van der Waals surface area contributed by atoms with Gasteiger partial charge in [-0.15, -0.1) is 0 Å². The van der Waals surface area contributed by atoms with E-state index in [1.807, 2.05) is 0 Å². The molecule has 0 fully saturated rings. The number of nitrogen functional groups attached to an aromatic ring is 1. The van der Waals surface area contributed by atoms with Crippen molar-refractivity contribution < 1.29 is 14.6 Å². The van der Waals surface area contributed by atoms with Gasteiger partial charge in [-0.1, -0.05) is 11.8 Å². The first kappa shape index (κ1) is 23.7. The van der Waals surface area contributed by atoms with Crippen LogP contribution < -0.4 is 5.73 Å². The van der Waals surface area contributed by atoms with E-state index in [2.05, 4.69) is 36.9 Å². The standard InChI is InChI=1S/C24H24N8O3/c1-24(34,22-26-10-4-11-27-22)9-7-16-5-6-17-18(15-16)32(19-8-12-28-23(25)29-19)30-20(17)21(33)31(2)13-14-35-3/h4-6,8,10-12,15,34H,13-14H2,1-3H3,(H2,25,28,29).